The summed E-state index contributed by atoms with van der Waals surface area (Å²) >= 11 is 0. The Balaban J connectivity index is 1.37. The highest BCUT2D eigenvalue weighted by molar-refractivity contribution is 5.91. The lowest BCUT2D eigenvalue weighted by atomic mass is 10.1. The van der Waals surface area contributed by atoms with Gasteiger partial charge in [-0.05, 0) is 24.1 Å². The average Bonchev–Trinajstić information content (AvgIpc) is 3.11. The molecule has 0 spiro atoms. The van der Waals surface area contributed by atoms with Crippen molar-refractivity contribution >= 4 is 22.5 Å². The molecule has 0 aliphatic carbocycles. The number of amides is 1. The Labute approximate surface area is 153 Å². The molecular weight excluding hydrogens is 326 g/mol. The summed E-state index contributed by atoms with van der Waals surface area (Å²) in [7, 11) is 1.90. The summed E-state index contributed by atoms with van der Waals surface area (Å²) in [6.45, 7) is 3.24. The third-order valence-corrected chi connectivity index (χ3v) is 4.98. The van der Waals surface area contributed by atoms with Crippen LogP contribution in [-0.4, -0.2) is 51.8 Å². The molecule has 4 rings (SSSR count). The van der Waals surface area contributed by atoms with Crippen molar-refractivity contribution in [2.45, 2.75) is 12.8 Å². The molecule has 26 heavy (non-hydrogen) atoms. The zero-order valence-electron chi connectivity index (χ0n) is 15.0. The van der Waals surface area contributed by atoms with Crippen LogP contribution in [0, 0.1) is 0 Å². The molecule has 0 atom stereocenters. The number of hydrogen-bond donors (Lipinski definition) is 0. The first kappa shape index (κ1) is 16.6. The lowest BCUT2D eigenvalue weighted by molar-refractivity contribution is -0.131. The molecule has 1 aliphatic rings. The number of benzene rings is 1. The predicted octanol–water partition coefficient (Wildman–Crippen LogP) is 2.25. The Kier molecular flexibility index (Phi) is 4.56. The lowest BCUT2D eigenvalue weighted by Crippen LogP contribution is -2.48. The van der Waals surface area contributed by atoms with Crippen molar-refractivity contribution in [1.29, 1.82) is 0 Å². The van der Waals surface area contributed by atoms with E-state index in [9.17, 15) is 4.79 Å². The molecule has 0 saturated carbocycles. The zero-order valence-corrected chi connectivity index (χ0v) is 15.0. The number of hydrogen-bond acceptors (Lipinski definition) is 4. The van der Waals surface area contributed by atoms with Crippen LogP contribution in [0.2, 0.25) is 0 Å². The normalized spacial score (nSPS) is 14.8. The van der Waals surface area contributed by atoms with Gasteiger partial charge in [0, 0.05) is 63.1 Å². The van der Waals surface area contributed by atoms with Crippen LogP contribution in [0.1, 0.15) is 12.0 Å². The van der Waals surface area contributed by atoms with Gasteiger partial charge in [-0.3, -0.25) is 14.5 Å². The minimum Gasteiger partial charge on any atom is -0.367 e. The minimum atomic E-state index is 0.230. The highest BCUT2D eigenvalue weighted by Crippen LogP contribution is 2.26. The van der Waals surface area contributed by atoms with Crippen molar-refractivity contribution in [3.8, 4) is 0 Å². The SMILES string of the molecule is Cn1cc(CCC(=O)N2CCN(c3ccnc4ccccc34)CC2)cn1. The van der Waals surface area contributed by atoms with Gasteiger partial charge in [0.05, 0.1) is 11.7 Å². The minimum absolute atomic E-state index is 0.230. The Morgan fingerprint density at radius 1 is 1.12 bits per heavy atom. The fourth-order valence-corrected chi connectivity index (χ4v) is 3.56. The molecule has 0 radical (unpaired) electrons. The number of fused-ring (bicyclic) bond motifs is 1. The molecule has 1 aliphatic heterocycles. The van der Waals surface area contributed by atoms with E-state index in [1.54, 1.807) is 4.68 Å². The van der Waals surface area contributed by atoms with Gasteiger partial charge in [-0.2, -0.15) is 5.10 Å². The molecule has 1 saturated heterocycles. The van der Waals surface area contributed by atoms with Crippen LogP contribution >= 0.6 is 0 Å². The molecule has 3 heterocycles. The molecule has 0 unspecified atom stereocenters. The number of anilines is 1. The van der Waals surface area contributed by atoms with Crippen LogP contribution in [-0.2, 0) is 18.3 Å². The number of para-hydroxylation sites is 1. The maximum atomic E-state index is 12.5. The molecule has 0 N–H and O–H groups in total. The summed E-state index contributed by atoms with van der Waals surface area (Å²) in [6.07, 6.45) is 6.97. The zero-order chi connectivity index (χ0) is 17.9. The average molecular weight is 349 g/mol. The van der Waals surface area contributed by atoms with Crippen molar-refractivity contribution in [2.24, 2.45) is 7.05 Å². The lowest BCUT2D eigenvalue weighted by Gasteiger charge is -2.36. The molecule has 0 bridgehead atoms. The van der Waals surface area contributed by atoms with E-state index in [0.717, 1.165) is 43.7 Å². The van der Waals surface area contributed by atoms with E-state index >= 15 is 0 Å². The van der Waals surface area contributed by atoms with Crippen LogP contribution in [0.5, 0.6) is 0 Å². The molecule has 134 valence electrons. The summed E-state index contributed by atoms with van der Waals surface area (Å²) in [6, 6.07) is 10.3. The Bertz CT molecular complexity index is 906. The number of rotatable bonds is 4. The summed E-state index contributed by atoms with van der Waals surface area (Å²) in [4.78, 5) is 21.3. The van der Waals surface area contributed by atoms with Gasteiger partial charge in [-0.1, -0.05) is 18.2 Å². The topological polar surface area (TPSA) is 54.3 Å². The molecule has 1 aromatic carbocycles. The number of aryl methyl sites for hydroxylation is 2. The third kappa shape index (κ3) is 3.40. The van der Waals surface area contributed by atoms with E-state index in [1.807, 2.05) is 48.7 Å². The summed E-state index contributed by atoms with van der Waals surface area (Å²) in [5.41, 5.74) is 3.33. The molecule has 1 amide bonds. The highest BCUT2D eigenvalue weighted by atomic mass is 16.2. The van der Waals surface area contributed by atoms with E-state index in [-0.39, 0.29) is 5.91 Å². The maximum absolute atomic E-state index is 12.5. The van der Waals surface area contributed by atoms with Gasteiger partial charge >= 0.3 is 0 Å². The van der Waals surface area contributed by atoms with Crippen LogP contribution < -0.4 is 4.90 Å². The molecular formula is C20H23N5O. The van der Waals surface area contributed by atoms with Crippen molar-refractivity contribution in [2.75, 3.05) is 31.1 Å². The van der Waals surface area contributed by atoms with E-state index in [2.05, 4.69) is 27.1 Å². The Morgan fingerprint density at radius 3 is 2.69 bits per heavy atom. The van der Waals surface area contributed by atoms with Crippen molar-refractivity contribution < 1.29 is 4.79 Å². The number of carbonyl (C=O) groups excluding carboxylic acids is 1. The van der Waals surface area contributed by atoms with Crippen LogP contribution in [0.3, 0.4) is 0 Å². The third-order valence-electron chi connectivity index (χ3n) is 4.98. The molecule has 6 heteroatoms. The van der Waals surface area contributed by atoms with Crippen molar-refractivity contribution in [1.82, 2.24) is 19.7 Å². The van der Waals surface area contributed by atoms with Gasteiger partial charge in [0.1, 0.15) is 0 Å². The van der Waals surface area contributed by atoms with Gasteiger partial charge in [0.15, 0.2) is 0 Å². The monoisotopic (exact) mass is 349 g/mol. The summed E-state index contributed by atoms with van der Waals surface area (Å²) in [5, 5.41) is 5.33. The number of pyridine rings is 1. The van der Waals surface area contributed by atoms with Crippen molar-refractivity contribution in [3.63, 3.8) is 0 Å². The number of aromatic nitrogens is 3. The van der Waals surface area contributed by atoms with E-state index in [0.29, 0.717) is 6.42 Å². The van der Waals surface area contributed by atoms with Crippen LogP contribution in [0.25, 0.3) is 10.9 Å². The van der Waals surface area contributed by atoms with E-state index in [4.69, 9.17) is 0 Å². The molecule has 6 nitrogen and oxygen atoms in total. The fourth-order valence-electron chi connectivity index (χ4n) is 3.56. The molecule has 3 aromatic rings. The largest absolute Gasteiger partial charge is 0.367 e. The second-order valence-electron chi connectivity index (χ2n) is 6.74. The van der Waals surface area contributed by atoms with Gasteiger partial charge in [0.25, 0.3) is 0 Å². The van der Waals surface area contributed by atoms with Gasteiger partial charge in [0.2, 0.25) is 5.91 Å². The predicted molar refractivity (Wildman–Crippen MR) is 102 cm³/mol. The Morgan fingerprint density at radius 2 is 1.92 bits per heavy atom. The first-order valence-electron chi connectivity index (χ1n) is 9.05. The molecule has 2 aromatic heterocycles. The van der Waals surface area contributed by atoms with E-state index in [1.165, 1.54) is 11.1 Å². The van der Waals surface area contributed by atoms with Gasteiger partial charge in [-0.25, -0.2) is 0 Å². The number of carbonyl (C=O) groups is 1. The summed E-state index contributed by atoms with van der Waals surface area (Å²) < 4.78 is 1.78. The summed E-state index contributed by atoms with van der Waals surface area (Å²) in [5.74, 6) is 0.230. The first-order chi connectivity index (χ1) is 12.7. The number of nitrogens with zero attached hydrogens (tertiary/aromatic N) is 5. The fraction of sp³-hybridized carbons (Fsp3) is 0.350. The van der Waals surface area contributed by atoms with Gasteiger partial charge < -0.3 is 9.80 Å². The molecule has 1 fully saturated rings. The Hall–Kier alpha value is -2.89. The van der Waals surface area contributed by atoms with Crippen LogP contribution in [0.15, 0.2) is 48.9 Å². The number of piperazine rings is 1. The van der Waals surface area contributed by atoms with Gasteiger partial charge in [-0.15, -0.1) is 0 Å². The maximum Gasteiger partial charge on any atom is 0.223 e. The standard InChI is InChI=1S/C20H23N5O/c1-23-15-16(14-22-23)6-7-20(26)25-12-10-24(11-13-25)19-8-9-21-18-5-3-2-4-17(18)19/h2-5,8-9,14-15H,6-7,10-13H2,1H3. The van der Waals surface area contributed by atoms with Crippen LogP contribution in [0.4, 0.5) is 5.69 Å². The second-order valence-corrected chi connectivity index (χ2v) is 6.74. The quantitative estimate of drug-likeness (QED) is 0.725. The second kappa shape index (κ2) is 7.15. The van der Waals surface area contributed by atoms with E-state index < -0.39 is 0 Å². The highest BCUT2D eigenvalue weighted by Gasteiger charge is 2.22. The smallest absolute Gasteiger partial charge is 0.223 e. The van der Waals surface area contributed by atoms with Crippen molar-refractivity contribution in [3.05, 3.63) is 54.5 Å². The first-order valence-corrected chi connectivity index (χ1v) is 9.05.